The number of rotatable bonds is 6. The number of benzene rings is 7. The van der Waals surface area contributed by atoms with Crippen molar-refractivity contribution in [2.24, 2.45) is 0 Å². The lowest BCUT2D eigenvalue weighted by molar-refractivity contribution is 0.667. The Labute approximate surface area is 363 Å². The van der Waals surface area contributed by atoms with Gasteiger partial charge >= 0.3 is 0 Å². The van der Waals surface area contributed by atoms with Crippen LogP contribution in [0.2, 0.25) is 0 Å². The smallest absolute Gasteiger partial charge is 0.153 e. The minimum absolute atomic E-state index is 0.799. The van der Waals surface area contributed by atoms with Crippen LogP contribution >= 0.6 is 0 Å². The van der Waals surface area contributed by atoms with E-state index in [1.54, 1.807) is 0 Å². The van der Waals surface area contributed by atoms with Gasteiger partial charge in [0, 0.05) is 49.1 Å². The van der Waals surface area contributed by atoms with Crippen LogP contribution in [0, 0.1) is 0 Å². The summed E-state index contributed by atoms with van der Waals surface area (Å²) in [5, 5.41) is 7.06. The van der Waals surface area contributed by atoms with E-state index < -0.39 is 0 Å². The Hall–Kier alpha value is -8.28. The minimum Gasteiger partial charge on any atom is -0.454 e. The van der Waals surface area contributed by atoms with Gasteiger partial charge in [0.15, 0.2) is 5.58 Å². The third-order valence-corrected chi connectivity index (χ3v) is 12.8. The number of para-hydroxylation sites is 3. The van der Waals surface area contributed by atoms with Crippen LogP contribution in [-0.2, 0) is 0 Å². The zero-order valence-corrected chi connectivity index (χ0v) is 34.2. The fourth-order valence-corrected chi connectivity index (χ4v) is 9.78. The summed E-state index contributed by atoms with van der Waals surface area (Å²) in [4.78, 5) is 10.0. The Morgan fingerprint density at radius 2 is 1.03 bits per heavy atom. The second-order valence-corrected chi connectivity index (χ2v) is 16.5. The van der Waals surface area contributed by atoms with Crippen molar-refractivity contribution < 1.29 is 4.42 Å². The Morgan fingerprint density at radius 1 is 0.397 bits per heavy atom. The Balaban J connectivity index is 0.933. The van der Waals surface area contributed by atoms with Gasteiger partial charge in [-0.25, -0.2) is 4.98 Å². The van der Waals surface area contributed by atoms with E-state index in [0.717, 1.165) is 85.4 Å². The second-order valence-electron chi connectivity index (χ2n) is 16.5. The van der Waals surface area contributed by atoms with Crippen molar-refractivity contribution in [1.29, 1.82) is 0 Å². The van der Waals surface area contributed by atoms with E-state index in [2.05, 4.69) is 197 Å². The monoisotopic (exact) mass is 806 g/mol. The van der Waals surface area contributed by atoms with E-state index in [-0.39, 0.29) is 0 Å². The van der Waals surface area contributed by atoms with Crippen LogP contribution in [0.25, 0.3) is 116 Å². The summed E-state index contributed by atoms with van der Waals surface area (Å²) >= 11 is 0. The van der Waals surface area contributed by atoms with Crippen LogP contribution in [-0.4, -0.2) is 19.1 Å². The highest BCUT2D eigenvalue weighted by Gasteiger charge is 2.19. The van der Waals surface area contributed by atoms with Gasteiger partial charge in [-0.2, -0.15) is 0 Å². The van der Waals surface area contributed by atoms with Crippen LogP contribution < -0.4 is 0 Å². The van der Waals surface area contributed by atoms with E-state index in [1.807, 2.05) is 18.3 Å². The van der Waals surface area contributed by atoms with Gasteiger partial charge in [-0.3, -0.25) is 4.98 Å². The molecule has 7 aromatic carbocycles. The first-order valence-electron chi connectivity index (χ1n) is 21.6. The van der Waals surface area contributed by atoms with E-state index in [4.69, 9.17) is 14.4 Å². The molecule has 0 atom stereocenters. The van der Waals surface area contributed by atoms with Crippen molar-refractivity contribution in [2.75, 3.05) is 0 Å². The van der Waals surface area contributed by atoms with Gasteiger partial charge in [0.25, 0.3) is 0 Å². The molecule has 0 N–H and O–H groups in total. The highest BCUT2D eigenvalue weighted by molar-refractivity contribution is 6.13. The molecule has 5 nitrogen and oxygen atoms in total. The third kappa shape index (κ3) is 5.78. The summed E-state index contributed by atoms with van der Waals surface area (Å²) in [5.41, 5.74) is 17.1. The van der Waals surface area contributed by atoms with Crippen LogP contribution in [0.4, 0.5) is 0 Å². The van der Waals surface area contributed by atoms with E-state index in [9.17, 15) is 0 Å². The highest BCUT2D eigenvalue weighted by Crippen LogP contribution is 2.40. The van der Waals surface area contributed by atoms with Crippen molar-refractivity contribution in [2.45, 2.75) is 12.8 Å². The number of fused-ring (bicyclic) bond motifs is 9. The van der Waals surface area contributed by atoms with Crippen LogP contribution in [0.1, 0.15) is 18.5 Å². The Bertz CT molecular complexity index is 3840. The molecule has 5 heteroatoms. The van der Waals surface area contributed by atoms with Crippen molar-refractivity contribution in [3.05, 3.63) is 212 Å². The van der Waals surface area contributed by atoms with Gasteiger partial charge in [0.05, 0.1) is 51.0 Å². The molecular weight excluding hydrogens is 769 g/mol. The van der Waals surface area contributed by atoms with Crippen molar-refractivity contribution in [1.82, 2.24) is 19.1 Å². The van der Waals surface area contributed by atoms with Crippen LogP contribution in [0.15, 0.2) is 211 Å². The topological polar surface area (TPSA) is 48.8 Å². The molecule has 0 bridgehead atoms. The molecule has 0 unspecified atom stereocenters. The fourth-order valence-electron chi connectivity index (χ4n) is 9.78. The molecule has 0 aliphatic heterocycles. The molecule has 1 aliphatic carbocycles. The van der Waals surface area contributed by atoms with Gasteiger partial charge in [0.2, 0.25) is 0 Å². The molecule has 5 aromatic heterocycles. The maximum atomic E-state index is 6.06. The number of hydrogen-bond donors (Lipinski definition) is 0. The number of furan rings is 1. The van der Waals surface area contributed by atoms with Gasteiger partial charge in [-0.15, -0.1) is 0 Å². The predicted octanol–water partition coefficient (Wildman–Crippen LogP) is 15.3. The first kappa shape index (κ1) is 35.5. The fraction of sp³-hybridized carbons (Fsp3) is 0.0345. The van der Waals surface area contributed by atoms with Gasteiger partial charge in [0.1, 0.15) is 5.58 Å². The largest absolute Gasteiger partial charge is 0.454 e. The summed E-state index contributed by atoms with van der Waals surface area (Å²) in [7, 11) is 0. The molecule has 0 radical (unpaired) electrons. The number of nitrogens with zero attached hydrogens (tertiary/aromatic N) is 4. The Kier molecular flexibility index (Phi) is 7.97. The molecule has 0 saturated carbocycles. The standard InChI is InChI=1S/C58H38N4O/c1-3-13-37(14-4-1)51-33-43(34-52(60-51)38-15-5-2-6-16-38)62-54-21-11-8-18-45(54)48-31-40(26-30-55(48)62)41-25-29-46-44-17-7-10-20-53(44)61(56(46)32-41)42-27-23-39(24-28-42)50-35-49-47-19-9-12-22-57(47)63-58(49)36-59-50/h1,3-5,7-36H,2,6H2. The number of hydrogen-bond acceptors (Lipinski definition) is 3. The van der Waals surface area contributed by atoms with Crippen molar-refractivity contribution in [3.8, 4) is 45.0 Å². The maximum Gasteiger partial charge on any atom is 0.153 e. The lowest BCUT2D eigenvalue weighted by Crippen LogP contribution is -2.00. The quantitative estimate of drug-likeness (QED) is 0.168. The number of aromatic nitrogens is 4. The summed E-state index contributed by atoms with van der Waals surface area (Å²) in [6.07, 6.45) is 10.7. The molecule has 63 heavy (non-hydrogen) atoms. The van der Waals surface area contributed by atoms with Crippen LogP contribution in [0.3, 0.4) is 0 Å². The molecule has 1 aliphatic rings. The minimum atomic E-state index is 0.799. The molecule has 12 aromatic rings. The average molecular weight is 807 g/mol. The van der Waals surface area contributed by atoms with E-state index in [0.29, 0.717) is 0 Å². The molecule has 0 spiro atoms. The zero-order chi connectivity index (χ0) is 41.4. The third-order valence-electron chi connectivity index (χ3n) is 12.8. The maximum absolute atomic E-state index is 6.06. The number of pyridine rings is 2. The summed E-state index contributed by atoms with van der Waals surface area (Å²) in [5.74, 6) is 0. The average Bonchev–Trinajstić information content (AvgIpc) is 4.01. The van der Waals surface area contributed by atoms with E-state index >= 15 is 0 Å². The summed E-state index contributed by atoms with van der Waals surface area (Å²) in [6, 6.07) is 65.4. The Morgan fingerprint density at radius 3 is 1.84 bits per heavy atom. The summed E-state index contributed by atoms with van der Waals surface area (Å²) in [6.45, 7) is 0. The van der Waals surface area contributed by atoms with Gasteiger partial charge in [-0.05, 0) is 96.3 Å². The SMILES string of the molecule is C1=CC(c2cc(-n3c4ccccc4c4cc(-c5ccc6c7ccccc7n(-c7ccc(-c8cc9c(cn8)oc8ccccc89)cc7)c6c5)ccc43)cc(-c3ccccc3)n2)=CCC1. The van der Waals surface area contributed by atoms with Gasteiger partial charge in [-0.1, -0.05) is 133 Å². The molecule has 13 rings (SSSR count). The molecule has 296 valence electrons. The van der Waals surface area contributed by atoms with Gasteiger partial charge < -0.3 is 13.6 Å². The lowest BCUT2D eigenvalue weighted by Gasteiger charge is -2.14. The predicted molar refractivity (Wildman–Crippen MR) is 261 cm³/mol. The number of allylic oxidation sites excluding steroid dienone is 4. The highest BCUT2D eigenvalue weighted by atomic mass is 16.3. The molecule has 0 fully saturated rings. The second kappa shape index (κ2) is 14.2. The van der Waals surface area contributed by atoms with Crippen LogP contribution in [0.5, 0.6) is 0 Å². The summed E-state index contributed by atoms with van der Waals surface area (Å²) < 4.78 is 10.9. The van der Waals surface area contributed by atoms with Crippen molar-refractivity contribution >= 4 is 71.1 Å². The molecule has 0 saturated heterocycles. The van der Waals surface area contributed by atoms with E-state index in [1.165, 1.54) is 49.3 Å². The first-order chi connectivity index (χ1) is 31.2. The molecular formula is C58H38N4O. The first-order valence-corrected chi connectivity index (χ1v) is 21.6. The van der Waals surface area contributed by atoms with Crippen molar-refractivity contribution in [3.63, 3.8) is 0 Å². The molecule has 0 amide bonds. The lowest BCUT2D eigenvalue weighted by atomic mass is 10.0. The normalized spacial score (nSPS) is 13.0. The zero-order valence-electron chi connectivity index (χ0n) is 34.2. The molecule has 5 heterocycles.